The molecule has 0 radical (unpaired) electrons. The molecule has 1 aromatic heterocycles. The van der Waals surface area contributed by atoms with E-state index in [0.29, 0.717) is 0 Å². The number of rotatable bonds is 2. The summed E-state index contributed by atoms with van der Waals surface area (Å²) in [5, 5.41) is 9.50. The van der Waals surface area contributed by atoms with Crippen molar-refractivity contribution < 1.29 is 5.11 Å². The van der Waals surface area contributed by atoms with Crippen molar-refractivity contribution in [1.82, 2.24) is 4.98 Å². The normalized spacial score (nSPS) is 18.9. The SMILES string of the molecule is C[C@@H](O)c1ccnc(N2CCCCC2)c1. The lowest BCUT2D eigenvalue weighted by Crippen LogP contribution is -2.30. The van der Waals surface area contributed by atoms with E-state index in [9.17, 15) is 5.11 Å². The molecule has 2 rings (SSSR count). The summed E-state index contributed by atoms with van der Waals surface area (Å²) < 4.78 is 0. The van der Waals surface area contributed by atoms with Crippen molar-refractivity contribution in [2.24, 2.45) is 0 Å². The van der Waals surface area contributed by atoms with Crippen molar-refractivity contribution in [2.75, 3.05) is 18.0 Å². The van der Waals surface area contributed by atoms with Crippen LogP contribution in [0.5, 0.6) is 0 Å². The molecular weight excluding hydrogens is 188 g/mol. The number of aliphatic hydroxyl groups is 1. The number of aliphatic hydroxyl groups excluding tert-OH is 1. The van der Waals surface area contributed by atoms with Gasteiger partial charge in [-0.2, -0.15) is 0 Å². The van der Waals surface area contributed by atoms with Gasteiger partial charge in [0, 0.05) is 19.3 Å². The van der Waals surface area contributed by atoms with Crippen LogP contribution in [0.4, 0.5) is 5.82 Å². The summed E-state index contributed by atoms with van der Waals surface area (Å²) in [6.07, 6.45) is 5.20. The van der Waals surface area contributed by atoms with Gasteiger partial charge in [0.2, 0.25) is 0 Å². The summed E-state index contributed by atoms with van der Waals surface area (Å²) >= 11 is 0. The van der Waals surface area contributed by atoms with Gasteiger partial charge in [-0.25, -0.2) is 4.98 Å². The molecule has 0 saturated carbocycles. The van der Waals surface area contributed by atoms with Gasteiger partial charge < -0.3 is 10.0 Å². The summed E-state index contributed by atoms with van der Waals surface area (Å²) in [5.41, 5.74) is 0.950. The average molecular weight is 206 g/mol. The highest BCUT2D eigenvalue weighted by atomic mass is 16.3. The molecule has 0 aromatic carbocycles. The van der Waals surface area contributed by atoms with Gasteiger partial charge in [0.1, 0.15) is 5.82 Å². The van der Waals surface area contributed by atoms with E-state index in [1.807, 2.05) is 12.1 Å². The molecule has 82 valence electrons. The molecule has 1 N–H and O–H groups in total. The molecule has 0 amide bonds. The molecule has 1 aliphatic heterocycles. The Labute approximate surface area is 90.8 Å². The number of pyridine rings is 1. The van der Waals surface area contributed by atoms with Gasteiger partial charge in [0.25, 0.3) is 0 Å². The van der Waals surface area contributed by atoms with E-state index in [4.69, 9.17) is 0 Å². The third-order valence-electron chi connectivity index (χ3n) is 2.93. The maximum Gasteiger partial charge on any atom is 0.128 e. The van der Waals surface area contributed by atoms with Crippen molar-refractivity contribution in [2.45, 2.75) is 32.3 Å². The number of hydrogen-bond acceptors (Lipinski definition) is 3. The minimum atomic E-state index is -0.406. The quantitative estimate of drug-likeness (QED) is 0.805. The van der Waals surface area contributed by atoms with Crippen molar-refractivity contribution in [1.29, 1.82) is 0 Å². The van der Waals surface area contributed by atoms with Gasteiger partial charge in [-0.3, -0.25) is 0 Å². The van der Waals surface area contributed by atoms with E-state index in [1.54, 1.807) is 13.1 Å². The Kier molecular flexibility index (Phi) is 3.21. The van der Waals surface area contributed by atoms with Gasteiger partial charge >= 0.3 is 0 Å². The standard InChI is InChI=1S/C12H18N2O/c1-10(15)11-5-6-13-12(9-11)14-7-3-2-4-8-14/h5-6,9-10,15H,2-4,7-8H2,1H3/t10-/m1/s1. The zero-order chi connectivity index (χ0) is 10.7. The third kappa shape index (κ3) is 2.48. The van der Waals surface area contributed by atoms with Crippen LogP contribution >= 0.6 is 0 Å². The lowest BCUT2D eigenvalue weighted by molar-refractivity contribution is 0.199. The number of piperidine rings is 1. The summed E-state index contributed by atoms with van der Waals surface area (Å²) in [7, 11) is 0. The van der Waals surface area contributed by atoms with Gasteiger partial charge in [-0.1, -0.05) is 0 Å². The Bertz CT molecular complexity index is 319. The molecule has 1 aliphatic rings. The van der Waals surface area contributed by atoms with Crippen LogP contribution in [0, 0.1) is 0 Å². The number of nitrogens with zero attached hydrogens (tertiary/aromatic N) is 2. The Morgan fingerprint density at radius 3 is 2.73 bits per heavy atom. The van der Waals surface area contributed by atoms with Crippen LogP contribution in [-0.4, -0.2) is 23.2 Å². The van der Waals surface area contributed by atoms with Gasteiger partial charge in [0.05, 0.1) is 6.10 Å². The highest BCUT2D eigenvalue weighted by Crippen LogP contribution is 2.20. The summed E-state index contributed by atoms with van der Waals surface area (Å²) in [5.74, 6) is 1.01. The first kappa shape index (κ1) is 10.4. The molecule has 2 heterocycles. The van der Waals surface area contributed by atoms with Crippen LogP contribution in [0.25, 0.3) is 0 Å². The van der Waals surface area contributed by atoms with Crippen molar-refractivity contribution in [3.63, 3.8) is 0 Å². The molecule has 15 heavy (non-hydrogen) atoms. The van der Waals surface area contributed by atoms with Gasteiger partial charge in [-0.15, -0.1) is 0 Å². The Morgan fingerprint density at radius 2 is 2.07 bits per heavy atom. The lowest BCUT2D eigenvalue weighted by atomic mass is 10.1. The number of aromatic nitrogens is 1. The van der Waals surface area contributed by atoms with E-state index in [-0.39, 0.29) is 0 Å². The van der Waals surface area contributed by atoms with Crippen molar-refractivity contribution in [3.8, 4) is 0 Å². The molecule has 0 aliphatic carbocycles. The monoisotopic (exact) mass is 206 g/mol. The predicted octanol–water partition coefficient (Wildman–Crippen LogP) is 2.13. The molecule has 1 atom stereocenters. The number of hydrogen-bond donors (Lipinski definition) is 1. The third-order valence-corrected chi connectivity index (χ3v) is 2.93. The Morgan fingerprint density at radius 1 is 1.33 bits per heavy atom. The van der Waals surface area contributed by atoms with E-state index >= 15 is 0 Å². The molecule has 0 spiro atoms. The van der Waals surface area contributed by atoms with Crippen LogP contribution in [-0.2, 0) is 0 Å². The van der Waals surface area contributed by atoms with Crippen molar-refractivity contribution >= 4 is 5.82 Å². The fourth-order valence-corrected chi connectivity index (χ4v) is 1.99. The molecule has 0 bridgehead atoms. The van der Waals surface area contributed by atoms with Crippen LogP contribution in [0.15, 0.2) is 18.3 Å². The topological polar surface area (TPSA) is 36.4 Å². The number of anilines is 1. The first-order valence-corrected chi connectivity index (χ1v) is 5.66. The lowest BCUT2D eigenvalue weighted by Gasteiger charge is -2.28. The molecule has 3 nitrogen and oxygen atoms in total. The molecular formula is C12H18N2O. The second-order valence-electron chi connectivity index (χ2n) is 4.17. The molecule has 3 heteroatoms. The molecule has 1 aromatic rings. The zero-order valence-corrected chi connectivity index (χ0v) is 9.19. The summed E-state index contributed by atoms with van der Waals surface area (Å²) in [6, 6.07) is 3.87. The average Bonchev–Trinajstić information content (AvgIpc) is 2.30. The largest absolute Gasteiger partial charge is 0.389 e. The second-order valence-corrected chi connectivity index (χ2v) is 4.17. The highest BCUT2D eigenvalue weighted by molar-refractivity contribution is 5.41. The maximum absolute atomic E-state index is 9.50. The highest BCUT2D eigenvalue weighted by Gasteiger charge is 2.12. The summed E-state index contributed by atoms with van der Waals surface area (Å²) in [6.45, 7) is 3.97. The predicted molar refractivity (Wildman–Crippen MR) is 60.9 cm³/mol. The smallest absolute Gasteiger partial charge is 0.128 e. The fraction of sp³-hybridized carbons (Fsp3) is 0.583. The zero-order valence-electron chi connectivity index (χ0n) is 9.19. The minimum Gasteiger partial charge on any atom is -0.389 e. The van der Waals surface area contributed by atoms with Gasteiger partial charge in [-0.05, 0) is 43.9 Å². The maximum atomic E-state index is 9.50. The Balaban J connectivity index is 2.16. The molecule has 0 unspecified atom stereocenters. The van der Waals surface area contributed by atoms with E-state index in [2.05, 4.69) is 9.88 Å². The van der Waals surface area contributed by atoms with Crippen LogP contribution in [0.3, 0.4) is 0 Å². The van der Waals surface area contributed by atoms with Gasteiger partial charge in [0.15, 0.2) is 0 Å². The second kappa shape index (κ2) is 4.62. The molecule has 1 saturated heterocycles. The van der Waals surface area contributed by atoms with Crippen LogP contribution in [0.1, 0.15) is 37.9 Å². The Hall–Kier alpha value is -1.09. The van der Waals surface area contributed by atoms with Crippen molar-refractivity contribution in [3.05, 3.63) is 23.9 Å². The van der Waals surface area contributed by atoms with Crippen LogP contribution < -0.4 is 4.90 Å². The summed E-state index contributed by atoms with van der Waals surface area (Å²) in [4.78, 5) is 6.66. The van der Waals surface area contributed by atoms with E-state index in [0.717, 1.165) is 24.5 Å². The molecule has 1 fully saturated rings. The van der Waals surface area contributed by atoms with E-state index < -0.39 is 6.10 Å². The fourth-order valence-electron chi connectivity index (χ4n) is 1.99. The van der Waals surface area contributed by atoms with E-state index in [1.165, 1.54) is 19.3 Å². The first-order chi connectivity index (χ1) is 7.27. The van der Waals surface area contributed by atoms with Crippen LogP contribution in [0.2, 0.25) is 0 Å². The minimum absolute atomic E-state index is 0.406. The first-order valence-electron chi connectivity index (χ1n) is 5.66.